The summed E-state index contributed by atoms with van der Waals surface area (Å²) in [6, 6.07) is 0. The highest BCUT2D eigenvalue weighted by Crippen LogP contribution is 2.14. The van der Waals surface area contributed by atoms with E-state index in [0.717, 1.165) is 0 Å². The molecule has 0 nitrogen and oxygen atoms in total. The minimum Gasteiger partial charge on any atom is -0.162 e. The van der Waals surface area contributed by atoms with Crippen LogP contribution < -0.4 is 0 Å². The van der Waals surface area contributed by atoms with E-state index in [1.165, 1.54) is 127 Å². The van der Waals surface area contributed by atoms with Crippen molar-refractivity contribution in [2.75, 3.05) is 11.5 Å². The van der Waals surface area contributed by atoms with Crippen LogP contribution in [-0.2, 0) is 0 Å². The lowest BCUT2D eigenvalue weighted by Gasteiger charge is -2.04. The Morgan fingerprint density at radius 1 is 0.348 bits per heavy atom. The summed E-state index contributed by atoms with van der Waals surface area (Å²) in [4.78, 5) is 0. The molecule has 0 saturated heterocycles. The van der Waals surface area contributed by atoms with E-state index in [-0.39, 0.29) is 0 Å². The van der Waals surface area contributed by atoms with Gasteiger partial charge in [-0.15, -0.1) is 0 Å². The van der Waals surface area contributed by atoms with Gasteiger partial charge >= 0.3 is 0 Å². The maximum absolute atomic E-state index is 2.30. The topological polar surface area (TPSA) is 0 Å². The first kappa shape index (κ1) is 23.4. The summed E-state index contributed by atoms with van der Waals surface area (Å²) in [6.07, 6.45) is 26.2. The quantitative estimate of drug-likeness (QED) is 0.199. The minimum atomic E-state index is 1.37. The zero-order valence-corrected chi connectivity index (χ0v) is 17.4. The number of rotatable bonds is 20. The van der Waals surface area contributed by atoms with Gasteiger partial charge in [-0.05, 0) is 24.3 Å². The van der Waals surface area contributed by atoms with Crippen LogP contribution >= 0.6 is 11.8 Å². The largest absolute Gasteiger partial charge is 0.162 e. The van der Waals surface area contributed by atoms with Gasteiger partial charge < -0.3 is 0 Å². The standard InChI is InChI=1S/C22H46S/c1-3-5-7-9-11-13-14-16-18-20-22-23-21-19-17-15-12-10-8-6-4-2/h3-22H2,1-2H3. The second-order valence-electron chi connectivity index (χ2n) is 7.27. The van der Waals surface area contributed by atoms with E-state index in [4.69, 9.17) is 0 Å². The van der Waals surface area contributed by atoms with Crippen LogP contribution in [0.2, 0.25) is 0 Å². The van der Waals surface area contributed by atoms with Gasteiger partial charge in [-0.25, -0.2) is 0 Å². The Morgan fingerprint density at radius 3 is 0.913 bits per heavy atom. The van der Waals surface area contributed by atoms with Crippen LogP contribution in [0.1, 0.15) is 129 Å². The summed E-state index contributed by atoms with van der Waals surface area (Å²) < 4.78 is 0. The molecule has 0 aliphatic rings. The SMILES string of the molecule is CCCCCCCCCCCCSCCCCCCCCCC. The van der Waals surface area contributed by atoms with Crippen molar-refractivity contribution in [1.29, 1.82) is 0 Å². The maximum atomic E-state index is 2.30. The molecular weight excluding hydrogens is 296 g/mol. The summed E-state index contributed by atoms with van der Waals surface area (Å²) >= 11 is 2.20. The fourth-order valence-corrected chi connectivity index (χ4v) is 4.15. The zero-order chi connectivity index (χ0) is 16.8. The normalized spacial score (nSPS) is 11.2. The van der Waals surface area contributed by atoms with Crippen molar-refractivity contribution in [2.45, 2.75) is 129 Å². The highest BCUT2D eigenvalue weighted by atomic mass is 32.2. The van der Waals surface area contributed by atoms with Crippen LogP contribution in [0.15, 0.2) is 0 Å². The highest BCUT2D eigenvalue weighted by molar-refractivity contribution is 7.99. The molecular formula is C22H46S. The summed E-state index contributed by atoms with van der Waals surface area (Å²) in [5.74, 6) is 2.82. The fourth-order valence-electron chi connectivity index (χ4n) is 3.13. The van der Waals surface area contributed by atoms with Crippen molar-refractivity contribution < 1.29 is 0 Å². The first-order valence-corrected chi connectivity index (χ1v) is 12.1. The van der Waals surface area contributed by atoms with Gasteiger partial charge in [0.1, 0.15) is 0 Å². The van der Waals surface area contributed by atoms with Gasteiger partial charge in [-0.2, -0.15) is 11.8 Å². The van der Waals surface area contributed by atoms with Crippen molar-refractivity contribution in [1.82, 2.24) is 0 Å². The lowest BCUT2D eigenvalue weighted by molar-refractivity contribution is 0.563. The number of hydrogen-bond acceptors (Lipinski definition) is 1. The van der Waals surface area contributed by atoms with E-state index in [1.807, 2.05) is 0 Å². The smallest absolute Gasteiger partial charge is 0.00675 e. The molecule has 0 aliphatic heterocycles. The molecule has 0 rings (SSSR count). The van der Waals surface area contributed by atoms with E-state index in [0.29, 0.717) is 0 Å². The molecule has 140 valence electrons. The van der Waals surface area contributed by atoms with Gasteiger partial charge in [-0.3, -0.25) is 0 Å². The average Bonchev–Trinajstić information content (AvgIpc) is 2.57. The van der Waals surface area contributed by atoms with Crippen molar-refractivity contribution in [3.05, 3.63) is 0 Å². The lowest BCUT2D eigenvalue weighted by Crippen LogP contribution is -1.87. The predicted octanol–water partition coefficient (Wildman–Crippen LogP) is 8.78. The van der Waals surface area contributed by atoms with E-state index < -0.39 is 0 Å². The molecule has 0 unspecified atom stereocenters. The van der Waals surface area contributed by atoms with Crippen LogP contribution in [0.3, 0.4) is 0 Å². The van der Waals surface area contributed by atoms with Gasteiger partial charge in [-0.1, -0.05) is 117 Å². The molecule has 0 aromatic carbocycles. The molecule has 0 fully saturated rings. The first-order chi connectivity index (χ1) is 11.4. The molecule has 0 N–H and O–H groups in total. The van der Waals surface area contributed by atoms with Crippen molar-refractivity contribution >= 4 is 11.8 Å². The van der Waals surface area contributed by atoms with E-state index in [2.05, 4.69) is 25.6 Å². The van der Waals surface area contributed by atoms with Crippen LogP contribution in [0.4, 0.5) is 0 Å². The number of hydrogen-bond donors (Lipinski definition) is 0. The first-order valence-electron chi connectivity index (χ1n) is 11.0. The minimum absolute atomic E-state index is 1.37. The molecule has 0 spiro atoms. The maximum Gasteiger partial charge on any atom is -0.00675 e. The Bertz CT molecular complexity index is 170. The van der Waals surface area contributed by atoms with E-state index in [1.54, 1.807) is 0 Å². The summed E-state index contributed by atoms with van der Waals surface area (Å²) in [7, 11) is 0. The predicted molar refractivity (Wildman–Crippen MR) is 112 cm³/mol. The third-order valence-electron chi connectivity index (χ3n) is 4.78. The van der Waals surface area contributed by atoms with Crippen LogP contribution in [0, 0.1) is 0 Å². The Morgan fingerprint density at radius 2 is 0.609 bits per heavy atom. The Hall–Kier alpha value is 0.350. The molecule has 0 radical (unpaired) electrons. The van der Waals surface area contributed by atoms with Gasteiger partial charge in [0.05, 0.1) is 0 Å². The number of thioether (sulfide) groups is 1. The molecule has 0 aliphatic carbocycles. The molecule has 0 aromatic rings. The van der Waals surface area contributed by atoms with Gasteiger partial charge in [0.25, 0.3) is 0 Å². The Kier molecular flexibility index (Phi) is 22.7. The fraction of sp³-hybridized carbons (Fsp3) is 1.00. The lowest BCUT2D eigenvalue weighted by atomic mass is 10.1. The van der Waals surface area contributed by atoms with Gasteiger partial charge in [0.15, 0.2) is 0 Å². The second-order valence-corrected chi connectivity index (χ2v) is 8.49. The molecule has 1 heteroatoms. The summed E-state index contributed by atoms with van der Waals surface area (Å²) in [5.41, 5.74) is 0. The molecule has 0 amide bonds. The Labute approximate surface area is 153 Å². The third kappa shape index (κ3) is 22.4. The molecule has 0 saturated carbocycles. The third-order valence-corrected chi connectivity index (χ3v) is 5.94. The van der Waals surface area contributed by atoms with E-state index >= 15 is 0 Å². The average molecular weight is 343 g/mol. The Balaban J connectivity index is 2.92. The van der Waals surface area contributed by atoms with Crippen molar-refractivity contribution in [2.24, 2.45) is 0 Å². The number of unbranched alkanes of at least 4 members (excludes halogenated alkanes) is 16. The molecule has 0 aromatic heterocycles. The van der Waals surface area contributed by atoms with Crippen molar-refractivity contribution in [3.63, 3.8) is 0 Å². The highest BCUT2D eigenvalue weighted by Gasteiger charge is 1.95. The molecule has 23 heavy (non-hydrogen) atoms. The van der Waals surface area contributed by atoms with E-state index in [9.17, 15) is 0 Å². The van der Waals surface area contributed by atoms with Crippen LogP contribution in [0.25, 0.3) is 0 Å². The zero-order valence-electron chi connectivity index (χ0n) is 16.6. The monoisotopic (exact) mass is 342 g/mol. The van der Waals surface area contributed by atoms with Crippen LogP contribution in [-0.4, -0.2) is 11.5 Å². The molecule has 0 bridgehead atoms. The molecule has 0 atom stereocenters. The molecule has 0 heterocycles. The van der Waals surface area contributed by atoms with Gasteiger partial charge in [0.2, 0.25) is 0 Å². The van der Waals surface area contributed by atoms with Crippen molar-refractivity contribution in [3.8, 4) is 0 Å². The second kappa shape index (κ2) is 22.4. The van der Waals surface area contributed by atoms with Gasteiger partial charge in [0, 0.05) is 0 Å². The summed E-state index contributed by atoms with van der Waals surface area (Å²) in [5, 5.41) is 0. The summed E-state index contributed by atoms with van der Waals surface area (Å²) in [6.45, 7) is 4.60. The van der Waals surface area contributed by atoms with Crippen LogP contribution in [0.5, 0.6) is 0 Å².